The van der Waals surface area contributed by atoms with Crippen LogP contribution in [0.15, 0.2) is 0 Å². The van der Waals surface area contributed by atoms with Crippen molar-refractivity contribution in [3.05, 3.63) is 0 Å². The Kier molecular flexibility index (Phi) is 12.1. The van der Waals surface area contributed by atoms with E-state index in [4.69, 9.17) is 9.47 Å². The van der Waals surface area contributed by atoms with Gasteiger partial charge in [0.1, 0.15) is 12.2 Å². The molecule has 0 aliphatic carbocycles. The van der Waals surface area contributed by atoms with E-state index in [1.54, 1.807) is 0 Å². The molecule has 0 N–H and O–H groups in total. The summed E-state index contributed by atoms with van der Waals surface area (Å²) in [6.07, 6.45) is 1.23. The highest BCUT2D eigenvalue weighted by atomic mass is 17.3. The molecular weight excluding hydrogens is 336 g/mol. The van der Waals surface area contributed by atoms with Gasteiger partial charge in [-0.25, -0.2) is 0 Å². The van der Waals surface area contributed by atoms with Crippen LogP contribution >= 0.6 is 0 Å². The third-order valence-electron chi connectivity index (χ3n) is 4.57. The van der Waals surface area contributed by atoms with Gasteiger partial charge in [0, 0.05) is 0 Å². The molecule has 4 unspecified atom stereocenters. The topological polar surface area (TPSA) is 71.1 Å². The van der Waals surface area contributed by atoms with Gasteiger partial charge in [0.2, 0.25) is 0 Å². The zero-order valence-electron chi connectivity index (χ0n) is 17.7. The number of carbonyl (C=O) groups excluding carboxylic acids is 2. The van der Waals surface area contributed by atoms with Crippen LogP contribution in [0.3, 0.4) is 0 Å². The molecule has 154 valence electrons. The molecule has 0 fully saturated rings. The fourth-order valence-electron chi connectivity index (χ4n) is 3.39. The Morgan fingerprint density at radius 1 is 0.654 bits per heavy atom. The van der Waals surface area contributed by atoms with E-state index < -0.39 is 12.3 Å². The first kappa shape index (κ1) is 24.5. The quantitative estimate of drug-likeness (QED) is 0.260. The molecule has 0 aliphatic heterocycles. The lowest BCUT2D eigenvalue weighted by Gasteiger charge is -2.27. The fraction of sp³-hybridized carbons (Fsp3) is 0.900. The van der Waals surface area contributed by atoms with Crippen molar-refractivity contribution in [2.45, 2.75) is 93.3 Å². The van der Waals surface area contributed by atoms with E-state index in [1.165, 1.54) is 0 Å². The zero-order valence-corrected chi connectivity index (χ0v) is 17.7. The van der Waals surface area contributed by atoms with E-state index in [0.29, 0.717) is 0 Å². The second-order valence-corrected chi connectivity index (χ2v) is 7.85. The Hall–Kier alpha value is -1.46. The van der Waals surface area contributed by atoms with Crippen LogP contribution in [-0.4, -0.2) is 24.5 Å². The zero-order chi connectivity index (χ0) is 20.3. The van der Waals surface area contributed by atoms with Crippen molar-refractivity contribution < 1.29 is 28.8 Å². The summed E-state index contributed by atoms with van der Waals surface area (Å²) >= 11 is 0. The molecule has 0 radical (unpaired) electrons. The Morgan fingerprint density at radius 3 is 1.19 bits per heavy atom. The van der Waals surface area contributed by atoms with Gasteiger partial charge in [-0.05, 0) is 36.5 Å². The molecule has 26 heavy (non-hydrogen) atoms. The van der Waals surface area contributed by atoms with Crippen molar-refractivity contribution in [1.29, 1.82) is 0 Å². The van der Waals surface area contributed by atoms with Crippen molar-refractivity contribution >= 4 is 12.3 Å². The third-order valence-corrected chi connectivity index (χ3v) is 4.57. The Bertz CT molecular complexity index is 369. The van der Waals surface area contributed by atoms with E-state index in [2.05, 4.69) is 23.6 Å². The van der Waals surface area contributed by atoms with Gasteiger partial charge in [-0.3, -0.25) is 0 Å². The molecule has 0 spiro atoms. The Labute approximate surface area is 158 Å². The van der Waals surface area contributed by atoms with Crippen LogP contribution in [0.1, 0.15) is 81.1 Å². The highest BCUT2D eigenvalue weighted by Crippen LogP contribution is 2.23. The minimum atomic E-state index is -1.02. The van der Waals surface area contributed by atoms with Crippen LogP contribution in [0.5, 0.6) is 0 Å². The molecule has 0 heterocycles. The van der Waals surface area contributed by atoms with Crippen molar-refractivity contribution in [3.63, 3.8) is 0 Å². The van der Waals surface area contributed by atoms with Gasteiger partial charge in [0.15, 0.2) is 0 Å². The number of rotatable bonds is 10. The summed E-state index contributed by atoms with van der Waals surface area (Å²) in [6, 6.07) is 0. The normalized spacial score (nSPS) is 15.9. The third kappa shape index (κ3) is 9.30. The van der Waals surface area contributed by atoms with Gasteiger partial charge < -0.3 is 9.47 Å². The van der Waals surface area contributed by atoms with E-state index >= 15 is 0 Å². The molecule has 0 bridgehead atoms. The molecule has 0 aromatic carbocycles. The van der Waals surface area contributed by atoms with E-state index in [-0.39, 0.29) is 35.9 Å². The summed E-state index contributed by atoms with van der Waals surface area (Å²) in [7, 11) is 0. The van der Waals surface area contributed by atoms with Gasteiger partial charge in [-0.1, -0.05) is 68.2 Å². The highest BCUT2D eigenvalue weighted by Gasteiger charge is 2.28. The number of hydrogen-bond acceptors (Lipinski definition) is 6. The standard InChI is InChI=1S/C20H38O6/c1-9-11-15(7)17(13(3)4)23-19(21)25-26-20(22)24-18(14(5)6)16(8)12-10-2/h13-18H,9-12H2,1-8H3. The maximum Gasteiger partial charge on any atom is 0.550 e. The maximum atomic E-state index is 11.8. The van der Waals surface area contributed by atoms with Gasteiger partial charge in [0.25, 0.3) is 0 Å². The number of ether oxygens (including phenoxy) is 2. The second kappa shape index (κ2) is 12.8. The lowest BCUT2D eigenvalue weighted by Crippen LogP contribution is -2.32. The lowest BCUT2D eigenvalue weighted by molar-refractivity contribution is -0.230. The van der Waals surface area contributed by atoms with Crippen molar-refractivity contribution in [2.24, 2.45) is 23.7 Å². The van der Waals surface area contributed by atoms with Gasteiger partial charge in [0.05, 0.1) is 0 Å². The molecule has 0 aliphatic rings. The first-order chi connectivity index (χ1) is 12.1. The Balaban J connectivity index is 4.52. The van der Waals surface area contributed by atoms with Crippen molar-refractivity contribution in [1.82, 2.24) is 0 Å². The largest absolute Gasteiger partial charge is 0.550 e. The van der Waals surface area contributed by atoms with E-state index in [9.17, 15) is 9.59 Å². The second-order valence-electron chi connectivity index (χ2n) is 7.85. The smallest absolute Gasteiger partial charge is 0.428 e. The first-order valence-corrected chi connectivity index (χ1v) is 9.89. The summed E-state index contributed by atoms with van der Waals surface area (Å²) in [4.78, 5) is 32.7. The summed E-state index contributed by atoms with van der Waals surface area (Å²) in [5.41, 5.74) is 0. The molecule has 4 atom stereocenters. The molecule has 0 amide bonds. The summed E-state index contributed by atoms with van der Waals surface area (Å²) in [5, 5.41) is 0. The lowest BCUT2D eigenvalue weighted by atomic mass is 9.91. The minimum Gasteiger partial charge on any atom is -0.428 e. The highest BCUT2D eigenvalue weighted by molar-refractivity contribution is 5.63. The fourth-order valence-corrected chi connectivity index (χ4v) is 3.39. The molecular formula is C20H38O6. The summed E-state index contributed by atoms with van der Waals surface area (Å²) in [5.74, 6) is 0.659. The van der Waals surface area contributed by atoms with Crippen molar-refractivity contribution in [2.75, 3.05) is 0 Å². The average Bonchev–Trinajstić information content (AvgIpc) is 2.55. The van der Waals surface area contributed by atoms with Gasteiger partial charge in [-0.15, -0.1) is 0 Å². The summed E-state index contributed by atoms with van der Waals surface area (Å²) in [6.45, 7) is 16.1. The molecule has 0 saturated heterocycles. The van der Waals surface area contributed by atoms with Gasteiger partial charge in [-0.2, -0.15) is 19.4 Å². The SMILES string of the molecule is CCCC(C)C(OC(=O)OOC(=O)OC(C(C)C)C(C)CCC)C(C)C. The maximum absolute atomic E-state index is 11.8. The molecule has 0 aromatic heterocycles. The van der Waals surface area contributed by atoms with Crippen LogP contribution in [0.4, 0.5) is 9.59 Å². The van der Waals surface area contributed by atoms with E-state index in [0.717, 1.165) is 25.7 Å². The predicted molar refractivity (Wildman–Crippen MR) is 101 cm³/mol. The van der Waals surface area contributed by atoms with E-state index in [1.807, 2.05) is 41.5 Å². The molecule has 6 nitrogen and oxygen atoms in total. The Morgan fingerprint density at radius 2 is 0.962 bits per heavy atom. The predicted octanol–water partition coefficient (Wildman–Crippen LogP) is 6.13. The van der Waals surface area contributed by atoms with Gasteiger partial charge >= 0.3 is 12.3 Å². The van der Waals surface area contributed by atoms with Crippen molar-refractivity contribution in [3.8, 4) is 0 Å². The number of carbonyl (C=O) groups is 2. The molecule has 0 saturated carbocycles. The van der Waals surface area contributed by atoms with Crippen LogP contribution in [0.2, 0.25) is 0 Å². The summed E-state index contributed by atoms with van der Waals surface area (Å²) < 4.78 is 10.6. The van der Waals surface area contributed by atoms with Crippen LogP contribution in [0, 0.1) is 23.7 Å². The average molecular weight is 375 g/mol. The molecule has 0 rings (SSSR count). The van der Waals surface area contributed by atoms with Crippen LogP contribution < -0.4 is 0 Å². The van der Waals surface area contributed by atoms with Crippen LogP contribution in [-0.2, 0) is 19.2 Å². The monoisotopic (exact) mass is 374 g/mol. The first-order valence-electron chi connectivity index (χ1n) is 9.89. The molecule has 6 heteroatoms. The van der Waals surface area contributed by atoms with Crippen LogP contribution in [0.25, 0.3) is 0 Å². The number of hydrogen-bond donors (Lipinski definition) is 0. The minimum absolute atomic E-state index is 0.135. The molecule has 0 aromatic rings.